The molecular weight excluding hydrogens is 478 g/mol. The number of carbonyl (C=O) groups excluding carboxylic acids is 1. The number of alkyl carbamates (subject to hydrolysis) is 1. The van der Waals surface area contributed by atoms with Gasteiger partial charge in [0.25, 0.3) is 0 Å². The highest BCUT2D eigenvalue weighted by Crippen LogP contribution is 2.34. The molecule has 2 aromatic carbocycles. The zero-order chi connectivity index (χ0) is 25.7. The summed E-state index contributed by atoms with van der Waals surface area (Å²) in [7, 11) is 1.57. The standard InChI is InChI=1S/C26H29N5O4S/c1-26(2,3)35-25(33)29-17(11-16-13-27-21-8-6-5-7-19(16)21)14-28-31-24-30-22(15-36-24)20-12-18(34-4)9-10-23(20)32/h5-10,12-15,17,27,32H,11H2,1-4H3,(H,29,33)(H,30,31)/b28-14-/t17-/m0/s1. The summed E-state index contributed by atoms with van der Waals surface area (Å²) in [4.78, 5) is 20.2. The number of amides is 1. The first-order valence-corrected chi connectivity index (χ1v) is 12.3. The normalized spacial score (nSPS) is 12.6. The summed E-state index contributed by atoms with van der Waals surface area (Å²) in [5.41, 5.74) is 5.52. The number of benzene rings is 2. The number of hydrogen-bond donors (Lipinski definition) is 4. The lowest BCUT2D eigenvalue weighted by atomic mass is 10.1. The molecule has 4 aromatic rings. The summed E-state index contributed by atoms with van der Waals surface area (Å²) in [5.74, 6) is 0.730. The van der Waals surface area contributed by atoms with Crippen molar-refractivity contribution in [2.45, 2.75) is 38.8 Å². The van der Waals surface area contributed by atoms with Crippen LogP contribution in [0.15, 0.2) is 59.1 Å². The second-order valence-corrected chi connectivity index (χ2v) is 9.99. The van der Waals surface area contributed by atoms with Gasteiger partial charge in [0.15, 0.2) is 0 Å². The van der Waals surface area contributed by atoms with Crippen LogP contribution in [0.2, 0.25) is 0 Å². The highest BCUT2D eigenvalue weighted by atomic mass is 32.1. The first-order chi connectivity index (χ1) is 17.2. The molecule has 0 fully saturated rings. The molecule has 4 N–H and O–H groups in total. The van der Waals surface area contributed by atoms with E-state index in [2.05, 4.69) is 25.8 Å². The number of phenols is 1. The molecule has 0 bridgehead atoms. The molecule has 1 amide bonds. The molecule has 0 spiro atoms. The number of anilines is 1. The average Bonchev–Trinajstić information content (AvgIpc) is 3.45. The minimum absolute atomic E-state index is 0.108. The first-order valence-electron chi connectivity index (χ1n) is 11.4. The van der Waals surface area contributed by atoms with Gasteiger partial charge in [-0.25, -0.2) is 9.78 Å². The fraction of sp³-hybridized carbons (Fsp3) is 0.269. The smallest absolute Gasteiger partial charge is 0.408 e. The minimum Gasteiger partial charge on any atom is -0.507 e. The third kappa shape index (κ3) is 6.33. The Bertz CT molecular complexity index is 1370. The lowest BCUT2D eigenvalue weighted by Gasteiger charge is -2.22. The van der Waals surface area contributed by atoms with Crippen molar-refractivity contribution in [3.05, 3.63) is 59.6 Å². The van der Waals surface area contributed by atoms with Crippen LogP contribution in [0.4, 0.5) is 9.93 Å². The summed E-state index contributed by atoms with van der Waals surface area (Å²) in [6, 6.07) is 12.5. The number of methoxy groups -OCH3 is 1. The van der Waals surface area contributed by atoms with Gasteiger partial charge in [-0.1, -0.05) is 18.2 Å². The second kappa shape index (κ2) is 10.7. The van der Waals surface area contributed by atoms with Gasteiger partial charge in [0, 0.05) is 40.7 Å². The number of aromatic nitrogens is 2. The molecule has 10 heteroatoms. The third-order valence-electron chi connectivity index (χ3n) is 5.22. The zero-order valence-electron chi connectivity index (χ0n) is 20.5. The Labute approximate surface area is 213 Å². The van der Waals surface area contributed by atoms with Crippen molar-refractivity contribution in [2.24, 2.45) is 5.10 Å². The number of carbonyl (C=O) groups is 1. The lowest BCUT2D eigenvalue weighted by molar-refractivity contribution is 0.0519. The maximum atomic E-state index is 12.5. The van der Waals surface area contributed by atoms with Crippen molar-refractivity contribution in [3.8, 4) is 22.8 Å². The largest absolute Gasteiger partial charge is 0.507 e. The van der Waals surface area contributed by atoms with E-state index >= 15 is 0 Å². The van der Waals surface area contributed by atoms with Gasteiger partial charge in [-0.05, 0) is 50.6 Å². The molecule has 0 aliphatic heterocycles. The van der Waals surface area contributed by atoms with Gasteiger partial charge in [0.05, 0.1) is 18.8 Å². The Morgan fingerprint density at radius 1 is 1.28 bits per heavy atom. The van der Waals surface area contributed by atoms with Crippen molar-refractivity contribution in [1.29, 1.82) is 0 Å². The van der Waals surface area contributed by atoms with E-state index in [1.807, 2.05) is 56.6 Å². The molecule has 0 unspecified atom stereocenters. The molecule has 0 aliphatic carbocycles. The van der Waals surface area contributed by atoms with Gasteiger partial charge < -0.3 is 24.9 Å². The van der Waals surface area contributed by atoms with Crippen LogP contribution in [-0.4, -0.2) is 46.1 Å². The minimum atomic E-state index is -0.617. The predicted molar refractivity (Wildman–Crippen MR) is 143 cm³/mol. The quantitative estimate of drug-likeness (QED) is 0.184. The number of nitrogens with zero attached hydrogens (tertiary/aromatic N) is 2. The number of nitrogens with one attached hydrogen (secondary N) is 3. The van der Waals surface area contributed by atoms with E-state index in [0.29, 0.717) is 28.6 Å². The number of aromatic amines is 1. The van der Waals surface area contributed by atoms with Gasteiger partial charge in [0.2, 0.25) is 5.13 Å². The zero-order valence-corrected chi connectivity index (χ0v) is 21.3. The third-order valence-corrected chi connectivity index (χ3v) is 5.96. The number of aromatic hydroxyl groups is 1. The van der Waals surface area contributed by atoms with Crippen molar-refractivity contribution < 1.29 is 19.4 Å². The number of phenolic OH excluding ortho intramolecular Hbond substituents is 1. The van der Waals surface area contributed by atoms with Crippen LogP contribution in [0.5, 0.6) is 11.5 Å². The van der Waals surface area contributed by atoms with E-state index in [-0.39, 0.29) is 5.75 Å². The molecule has 2 heterocycles. The van der Waals surface area contributed by atoms with Crippen LogP contribution in [0.1, 0.15) is 26.3 Å². The summed E-state index contributed by atoms with van der Waals surface area (Å²) < 4.78 is 10.7. The van der Waals surface area contributed by atoms with E-state index in [1.54, 1.807) is 31.5 Å². The SMILES string of the molecule is COc1ccc(O)c(-c2csc(N/N=C\[C@H](Cc3c[nH]c4ccccc34)NC(=O)OC(C)(C)C)n2)c1. The van der Waals surface area contributed by atoms with Crippen molar-refractivity contribution in [2.75, 3.05) is 12.5 Å². The van der Waals surface area contributed by atoms with Crippen LogP contribution in [0.25, 0.3) is 22.2 Å². The monoisotopic (exact) mass is 507 g/mol. The number of H-pyrrole nitrogens is 1. The van der Waals surface area contributed by atoms with Crippen molar-refractivity contribution in [1.82, 2.24) is 15.3 Å². The molecule has 0 saturated carbocycles. The Balaban J connectivity index is 1.49. The number of thiazole rings is 1. The Morgan fingerprint density at radius 3 is 2.86 bits per heavy atom. The Hall–Kier alpha value is -4.05. The van der Waals surface area contributed by atoms with Crippen LogP contribution in [-0.2, 0) is 11.2 Å². The maximum Gasteiger partial charge on any atom is 0.408 e. The van der Waals surface area contributed by atoms with Crippen molar-refractivity contribution >= 4 is 39.7 Å². The van der Waals surface area contributed by atoms with E-state index in [0.717, 1.165) is 16.5 Å². The van der Waals surface area contributed by atoms with Crippen LogP contribution >= 0.6 is 11.3 Å². The summed E-state index contributed by atoms with van der Waals surface area (Å²) in [5, 5.41) is 20.8. The molecule has 36 heavy (non-hydrogen) atoms. The molecule has 0 radical (unpaired) electrons. The summed E-state index contributed by atoms with van der Waals surface area (Å²) in [6.07, 6.45) is 3.54. The molecule has 9 nitrogen and oxygen atoms in total. The molecule has 0 saturated heterocycles. The first kappa shape index (κ1) is 25.1. The molecule has 4 rings (SSSR count). The maximum absolute atomic E-state index is 12.5. The topological polar surface area (TPSA) is 121 Å². The average molecular weight is 508 g/mol. The number of hydrogen-bond acceptors (Lipinski definition) is 8. The van der Waals surface area contributed by atoms with Crippen molar-refractivity contribution in [3.63, 3.8) is 0 Å². The summed E-state index contributed by atoms with van der Waals surface area (Å²) >= 11 is 1.34. The Morgan fingerprint density at radius 2 is 2.08 bits per heavy atom. The Kier molecular flexibility index (Phi) is 7.44. The fourth-order valence-corrected chi connectivity index (χ4v) is 4.28. The second-order valence-electron chi connectivity index (χ2n) is 9.13. The number of fused-ring (bicyclic) bond motifs is 1. The fourth-order valence-electron chi connectivity index (χ4n) is 3.62. The number of para-hydroxylation sites is 1. The van der Waals surface area contributed by atoms with Gasteiger partial charge in [-0.2, -0.15) is 5.10 Å². The molecular formula is C26H29N5O4S. The highest BCUT2D eigenvalue weighted by molar-refractivity contribution is 7.14. The molecule has 0 aliphatic rings. The van der Waals surface area contributed by atoms with E-state index in [4.69, 9.17) is 9.47 Å². The number of hydrazone groups is 1. The lowest BCUT2D eigenvalue weighted by Crippen LogP contribution is -2.41. The van der Waals surface area contributed by atoms with E-state index in [9.17, 15) is 9.90 Å². The van der Waals surface area contributed by atoms with Crippen LogP contribution in [0.3, 0.4) is 0 Å². The van der Waals surface area contributed by atoms with Gasteiger partial charge in [-0.3, -0.25) is 5.43 Å². The highest BCUT2D eigenvalue weighted by Gasteiger charge is 2.20. The predicted octanol–water partition coefficient (Wildman–Crippen LogP) is 5.54. The number of rotatable bonds is 8. The number of ether oxygens (including phenoxy) is 2. The van der Waals surface area contributed by atoms with E-state index < -0.39 is 17.7 Å². The van der Waals surface area contributed by atoms with E-state index in [1.165, 1.54) is 11.3 Å². The molecule has 1 atom stereocenters. The van der Waals surface area contributed by atoms with Gasteiger partial charge in [0.1, 0.15) is 17.1 Å². The van der Waals surface area contributed by atoms with Crippen LogP contribution < -0.4 is 15.5 Å². The summed E-state index contributed by atoms with van der Waals surface area (Å²) in [6.45, 7) is 5.45. The molecule has 2 aromatic heterocycles. The van der Waals surface area contributed by atoms with Crippen LogP contribution in [0, 0.1) is 0 Å². The molecule has 188 valence electrons. The van der Waals surface area contributed by atoms with Gasteiger partial charge in [-0.15, -0.1) is 11.3 Å². The van der Waals surface area contributed by atoms with Gasteiger partial charge >= 0.3 is 6.09 Å².